The molecule has 143 heavy (non-hydrogen) atoms. The summed E-state index contributed by atoms with van der Waals surface area (Å²) in [4.78, 5) is 30.2. The molecule has 0 aliphatic carbocycles. The van der Waals surface area contributed by atoms with E-state index in [1.165, 1.54) is 0 Å². The first-order valence-corrected chi connectivity index (χ1v) is 43.5. The van der Waals surface area contributed by atoms with Gasteiger partial charge in [0.25, 0.3) is 0 Å². The number of hydrogen-bond acceptors (Lipinski definition) is 48. The number of H-pyrrole nitrogens is 5. The topological polar surface area (TPSA) is 652 Å². The van der Waals surface area contributed by atoms with Crippen molar-refractivity contribution >= 4 is 124 Å². The molecule has 0 saturated heterocycles. The van der Waals surface area contributed by atoms with Gasteiger partial charge in [-0.3, -0.25) is 13.7 Å². The van der Waals surface area contributed by atoms with E-state index < -0.39 is 0 Å². The molecule has 0 amide bonds. The van der Waals surface area contributed by atoms with E-state index in [1.807, 2.05) is 238 Å². The van der Waals surface area contributed by atoms with E-state index in [9.17, 15) is 0 Å². The van der Waals surface area contributed by atoms with Crippen LogP contribution in [0.5, 0.6) is 92.0 Å². The molecule has 0 atom stereocenters. The number of nitrogens with one attached hydrogen (secondary N) is 12. The van der Waals surface area contributed by atoms with Gasteiger partial charge in [0, 0.05) is 163 Å². The monoisotopic (exact) mass is 1960 g/mol. The maximum Gasteiger partial charge on any atom is 0.246 e. The molecule has 20 N–H and O–H groups in total. The van der Waals surface area contributed by atoms with Crippen LogP contribution in [0.4, 0.5) is 124 Å². The minimum absolute atomic E-state index is 0.260. The Balaban J connectivity index is 0.000000112. The lowest BCUT2D eigenvalue weighted by atomic mass is 10.2. The Hall–Kier alpha value is -19.5. The second-order valence-corrected chi connectivity index (χ2v) is 31.7. The molecule has 8 aliphatic rings. The number of fused-ring (bicyclic) bond motifs is 8. The maximum atomic E-state index is 5.60. The number of anilines is 21. The fourth-order valence-electron chi connectivity index (χ4n) is 13.6. The maximum absolute atomic E-state index is 5.60. The Bertz CT molecular complexity index is 7020. The fraction of sp³-hybridized carbons (Fsp3) is 0.264. The fourth-order valence-corrected chi connectivity index (χ4v) is 13.6. The van der Waals surface area contributed by atoms with Crippen molar-refractivity contribution in [3.8, 4) is 92.0 Å². The second-order valence-electron chi connectivity index (χ2n) is 31.7. The molecule has 56 heteroatoms. The molecule has 746 valence electrons. The van der Waals surface area contributed by atoms with Gasteiger partial charge in [0.2, 0.25) is 150 Å². The van der Waals surface area contributed by atoms with E-state index in [4.69, 9.17) is 98.7 Å². The van der Waals surface area contributed by atoms with Gasteiger partial charge in [0.05, 0.1) is 0 Å². The van der Waals surface area contributed by atoms with Crippen molar-refractivity contribution in [3.05, 3.63) is 162 Å². The predicted octanol–water partition coefficient (Wildman–Crippen LogP) is 8.47. The zero-order valence-corrected chi connectivity index (χ0v) is 79.2. The number of benzene rings is 8. The first-order chi connectivity index (χ1) is 69.4. The zero-order chi connectivity index (χ0) is 99.6. The largest absolute Gasteiger partial charge is 0.454 e. The van der Waals surface area contributed by atoms with Crippen LogP contribution < -0.4 is 160 Å². The normalized spacial score (nSPS) is 12.6. The van der Waals surface area contributed by atoms with Crippen LogP contribution in [0, 0.1) is 0 Å². The highest BCUT2D eigenvalue weighted by Gasteiger charge is 2.25. The van der Waals surface area contributed by atoms with Crippen LogP contribution in [0.25, 0.3) is 0 Å². The Labute approximate surface area is 813 Å². The summed E-state index contributed by atoms with van der Waals surface area (Å²) >= 11 is 0. The van der Waals surface area contributed by atoms with E-state index in [0.717, 1.165) is 137 Å². The quantitative estimate of drug-likeness (QED) is 0.0285. The molecular formula is C87H102N40O16. The van der Waals surface area contributed by atoms with Gasteiger partial charge in [-0.2, -0.15) is 24.9 Å². The van der Waals surface area contributed by atoms with Crippen molar-refractivity contribution in [2.24, 2.45) is 21.1 Å². The lowest BCUT2D eigenvalue weighted by Gasteiger charge is -2.15. The van der Waals surface area contributed by atoms with Gasteiger partial charge in [-0.05, 0) is 114 Å². The Kier molecular flexibility index (Phi) is 29.1. The molecule has 0 saturated carbocycles. The minimum atomic E-state index is 0.260. The van der Waals surface area contributed by atoms with Gasteiger partial charge in [-0.15, -0.1) is 56.1 Å². The first-order valence-electron chi connectivity index (χ1n) is 43.5. The van der Waals surface area contributed by atoms with E-state index in [0.29, 0.717) is 109 Å². The average molecular weight is 1960 g/mol. The van der Waals surface area contributed by atoms with Crippen LogP contribution in [-0.4, -0.2) is 238 Å². The van der Waals surface area contributed by atoms with Gasteiger partial charge in [0.15, 0.2) is 92.0 Å². The number of ether oxygens (including phenoxy) is 16. The van der Waals surface area contributed by atoms with Crippen LogP contribution in [-0.2, 0) is 40.8 Å². The third kappa shape index (κ3) is 23.9. The van der Waals surface area contributed by atoms with Crippen LogP contribution in [0.1, 0.15) is 16.7 Å². The number of rotatable bonds is 23. The highest BCUT2D eigenvalue weighted by atomic mass is 16.7. The summed E-state index contributed by atoms with van der Waals surface area (Å²) in [6.07, 6.45) is 0. The van der Waals surface area contributed by atoms with Gasteiger partial charge >= 0.3 is 0 Å². The molecule has 0 radical (unpaired) electrons. The summed E-state index contributed by atoms with van der Waals surface area (Å²) in [6.45, 7) is 4.06. The van der Waals surface area contributed by atoms with Gasteiger partial charge in [-0.25, -0.2) is 25.5 Å². The van der Waals surface area contributed by atoms with Crippen LogP contribution in [0.15, 0.2) is 146 Å². The van der Waals surface area contributed by atoms with Crippen LogP contribution in [0.3, 0.4) is 0 Å². The number of aromatic amines is 5. The van der Waals surface area contributed by atoms with Crippen molar-refractivity contribution in [3.63, 3.8) is 0 Å². The summed E-state index contributed by atoms with van der Waals surface area (Å²) in [5.41, 5.74) is 29.7. The second kappa shape index (κ2) is 43.7. The van der Waals surface area contributed by atoms with Crippen LogP contribution in [0.2, 0.25) is 0 Å². The molecule has 8 aliphatic heterocycles. The molecule has 56 nitrogen and oxygen atoms in total. The molecule has 0 bridgehead atoms. The summed E-state index contributed by atoms with van der Waals surface area (Å²) in [6, 6.07) is 45.6. The third-order valence-corrected chi connectivity index (χ3v) is 21.1. The number of nitrogens with zero attached hydrogens (tertiary/aromatic N) is 24. The molecule has 16 heterocycles. The number of hydrogen-bond donors (Lipinski definition) is 16. The molecule has 0 spiro atoms. The van der Waals surface area contributed by atoms with Crippen molar-refractivity contribution in [1.29, 1.82) is 0 Å². The Morgan fingerprint density at radius 3 is 1.09 bits per heavy atom. The molecule has 16 aromatic rings. The predicted molar refractivity (Wildman–Crippen MR) is 524 cm³/mol. The van der Waals surface area contributed by atoms with E-state index in [1.54, 1.807) is 30.3 Å². The lowest BCUT2D eigenvalue weighted by Crippen LogP contribution is -2.17. The van der Waals surface area contributed by atoms with Crippen LogP contribution >= 0.6 is 0 Å². The number of nitrogen functional groups attached to an aromatic ring is 4. The summed E-state index contributed by atoms with van der Waals surface area (Å²) < 4.78 is 89.7. The van der Waals surface area contributed by atoms with Gasteiger partial charge < -0.3 is 160 Å². The van der Waals surface area contributed by atoms with Crippen molar-refractivity contribution in [2.75, 3.05) is 202 Å². The third-order valence-electron chi connectivity index (χ3n) is 21.1. The van der Waals surface area contributed by atoms with Gasteiger partial charge in [-0.1, -0.05) is 18.2 Å². The molecule has 8 aromatic heterocycles. The Morgan fingerprint density at radius 1 is 0.315 bits per heavy atom. The molecule has 8 aromatic carbocycles. The molecule has 0 fully saturated rings. The van der Waals surface area contributed by atoms with E-state index in [-0.39, 0.29) is 60.3 Å². The standard InChI is InChI=1S/2C12H15N5O2.3C11H13N5O2.3C10H11N5O2/c1-16(2)11-13-12(15-14-11)17(3)8-4-5-9-10(6-8)19-7-18-9;1-16(2)12-15-14-11(17(12)3)13-8-4-5-9-10(6-8)19-7-18-9;1-16(2)11-13-10(14-15-11)12-7-3-4-8-9(5-7)18-6-17-8;1-16(11-13-10(12)14-15-11)5-7-2-3-8-9(4-7)18-6-17-8;1-16-10(12)14-15-11(16)13-5-7-2-3-8-9(4-7)18-6-17-8;1-15-9(11)13-14-10(15)12-6-2-3-7-8(4-6)17-5-16-7;1-11-9-13-10(15-14-9)12-6-2-3-7-8(4-6)17-5-16-7;11-9-13-10(15-14-9)12-4-6-1-2-7-8(3-6)17-5-16-7/h4-6H,7H2,1-3H3,(H,13,14,15);4-6H,7H2,1-3H3,(H,13,14);3-5H,6H2,1-2H3,(H2,12,13,14,15);2-4H,5-6H2,1H3,(H3,12,13,14,15);2-4H,5-6H2,1H3,(H2,12,14)(H,13,15);2-4H,5H2,1H3,(H2,11,13)(H,12,14);2-4H,5H2,1H3,(H3,11,12,13,14,15);1-3H,4-5H2,(H4,11,12,13,14,15). The lowest BCUT2D eigenvalue weighted by molar-refractivity contribution is 0.173. The average Bonchev–Trinajstić information content (AvgIpc) is 1.75. The van der Waals surface area contributed by atoms with Crippen molar-refractivity contribution in [2.45, 2.75) is 19.6 Å². The SMILES string of the molecule is CN(C)c1n[nH]c(N(C)c2ccc3c(c2)OCO3)n1.CN(C)c1n[nH]c(Nc2ccc3c(c2)OCO3)n1.CN(C)c1nnc(Nc2ccc3c(c2)OCO3)n1C.CN(Cc1ccc2c(c1)OCO2)c1n[nH]c(N)n1.CNc1n[nH]c(Nc2ccc3c(c2)OCO3)n1.Cn1c(N)nnc1NCc1ccc2c(c1)OCO2.Cn1c(N)nnc1Nc1ccc2c(c1)OCO2.Nc1nc(NCc2ccc3c(c2)OCO3)n[nH]1. The van der Waals surface area contributed by atoms with E-state index >= 15 is 0 Å². The Morgan fingerprint density at radius 2 is 0.678 bits per heavy atom. The molecular weight excluding hydrogens is 1860 g/mol. The molecule has 0 unspecified atom stereocenters. The summed E-state index contributed by atoms with van der Waals surface area (Å²) in [5.74, 6) is 20.7. The van der Waals surface area contributed by atoms with Crippen molar-refractivity contribution in [1.82, 2.24) is 120 Å². The van der Waals surface area contributed by atoms with E-state index in [2.05, 4.69) is 144 Å². The summed E-state index contributed by atoms with van der Waals surface area (Å²) in [5, 5.41) is 78.8. The van der Waals surface area contributed by atoms with Gasteiger partial charge in [0.1, 0.15) is 0 Å². The smallest absolute Gasteiger partial charge is 0.246 e. The first kappa shape index (κ1) is 95.2. The van der Waals surface area contributed by atoms with Crippen molar-refractivity contribution < 1.29 is 75.8 Å². The highest BCUT2D eigenvalue weighted by Crippen LogP contribution is 2.42. The molecule has 24 rings (SSSR count). The highest BCUT2D eigenvalue weighted by molar-refractivity contribution is 5.67. The number of aromatic nitrogens is 24. The summed E-state index contributed by atoms with van der Waals surface area (Å²) in [7, 11) is 22.5. The minimum Gasteiger partial charge on any atom is -0.454 e. The number of nitrogens with two attached hydrogens (primary N) is 4. The zero-order valence-electron chi connectivity index (χ0n) is 79.2.